The van der Waals surface area contributed by atoms with Gasteiger partial charge in [0, 0.05) is 29.2 Å². The van der Waals surface area contributed by atoms with Crippen molar-refractivity contribution in [3.8, 4) is 11.4 Å². The first-order chi connectivity index (χ1) is 21.8. The number of hydrogen-bond donors (Lipinski definition) is 4. The van der Waals surface area contributed by atoms with Gasteiger partial charge in [-0.05, 0) is 62.3 Å². The number of aliphatic hydroxyl groups is 1. The second kappa shape index (κ2) is 12.9. The minimum absolute atomic E-state index is 0.0236. The molecule has 0 aliphatic carbocycles. The Morgan fingerprint density at radius 2 is 1.93 bits per heavy atom. The van der Waals surface area contributed by atoms with Gasteiger partial charge in [0.15, 0.2) is 5.60 Å². The highest BCUT2D eigenvalue weighted by atomic mass is 19.1. The summed E-state index contributed by atoms with van der Waals surface area (Å²) in [7, 11) is 0. The Bertz CT molecular complexity index is 1790. The van der Waals surface area contributed by atoms with Gasteiger partial charge in [-0.25, -0.2) is 14.2 Å². The van der Waals surface area contributed by atoms with E-state index in [1.165, 1.54) is 6.07 Å². The molecule has 0 bridgehead atoms. The van der Waals surface area contributed by atoms with Crippen molar-refractivity contribution in [1.82, 2.24) is 20.2 Å². The number of hydrogen-bond acceptors (Lipinski definition) is 9. The molecule has 1 aromatic carbocycles. The predicted octanol–water partition coefficient (Wildman–Crippen LogP) is 2.04. The molecule has 2 aliphatic rings. The van der Waals surface area contributed by atoms with Gasteiger partial charge in [-0.1, -0.05) is 20.8 Å². The van der Waals surface area contributed by atoms with E-state index in [-0.39, 0.29) is 55.5 Å². The lowest BCUT2D eigenvalue weighted by molar-refractivity contribution is -0.172. The molecule has 0 saturated carbocycles. The fourth-order valence-corrected chi connectivity index (χ4v) is 5.95. The number of nitrogens with two attached hydrogens (primary N) is 1. The number of nitrogens with one attached hydrogen (secondary N) is 2. The summed E-state index contributed by atoms with van der Waals surface area (Å²) in [5.74, 6) is -2.10. The van der Waals surface area contributed by atoms with E-state index in [2.05, 4.69) is 10.6 Å². The number of amides is 2. The minimum Gasteiger partial charge on any atom is -0.458 e. The zero-order chi connectivity index (χ0) is 33.5. The van der Waals surface area contributed by atoms with Crippen LogP contribution in [0.3, 0.4) is 0 Å². The number of cyclic esters (lactones) is 1. The molecule has 2 aliphatic heterocycles. The van der Waals surface area contributed by atoms with Gasteiger partial charge >= 0.3 is 5.97 Å². The Kier molecular flexibility index (Phi) is 9.30. The molecule has 13 heteroatoms. The largest absolute Gasteiger partial charge is 0.458 e. The van der Waals surface area contributed by atoms with E-state index in [1.54, 1.807) is 37.5 Å². The molecule has 0 saturated heterocycles. The van der Waals surface area contributed by atoms with Gasteiger partial charge in [0.2, 0.25) is 11.8 Å². The third-order valence-electron chi connectivity index (χ3n) is 8.92. The smallest absolute Gasteiger partial charge is 0.343 e. The van der Waals surface area contributed by atoms with E-state index in [9.17, 15) is 28.7 Å². The molecule has 3 atom stereocenters. The molecular formula is C33H40FN5O7. The van der Waals surface area contributed by atoms with Crippen molar-refractivity contribution in [2.45, 2.75) is 84.7 Å². The third kappa shape index (κ3) is 5.90. The molecule has 2 aromatic heterocycles. The van der Waals surface area contributed by atoms with Crippen molar-refractivity contribution >= 4 is 28.7 Å². The Morgan fingerprint density at radius 3 is 2.63 bits per heavy atom. The van der Waals surface area contributed by atoms with Gasteiger partial charge < -0.3 is 35.5 Å². The number of esters is 1. The van der Waals surface area contributed by atoms with Crippen LogP contribution in [0.5, 0.6) is 0 Å². The summed E-state index contributed by atoms with van der Waals surface area (Å²) in [4.78, 5) is 55.5. The Morgan fingerprint density at radius 1 is 1.20 bits per heavy atom. The van der Waals surface area contributed by atoms with Crippen LogP contribution in [0.2, 0.25) is 0 Å². The van der Waals surface area contributed by atoms with E-state index in [0.29, 0.717) is 35.3 Å². The molecule has 12 nitrogen and oxygen atoms in total. The molecule has 46 heavy (non-hydrogen) atoms. The number of fused-ring (bicyclic) bond motifs is 5. The maximum Gasteiger partial charge on any atom is 0.343 e. The van der Waals surface area contributed by atoms with Crippen LogP contribution in [0.15, 0.2) is 23.0 Å². The predicted molar refractivity (Wildman–Crippen MR) is 167 cm³/mol. The lowest BCUT2D eigenvalue weighted by Gasteiger charge is -2.31. The van der Waals surface area contributed by atoms with Gasteiger partial charge in [-0.2, -0.15) is 0 Å². The van der Waals surface area contributed by atoms with Crippen molar-refractivity contribution < 1.29 is 33.4 Å². The van der Waals surface area contributed by atoms with Crippen LogP contribution in [0.1, 0.15) is 68.4 Å². The van der Waals surface area contributed by atoms with Crippen LogP contribution >= 0.6 is 0 Å². The molecule has 0 fully saturated rings. The van der Waals surface area contributed by atoms with Crippen LogP contribution in [0, 0.1) is 18.7 Å². The van der Waals surface area contributed by atoms with Crippen LogP contribution < -0.4 is 21.9 Å². The van der Waals surface area contributed by atoms with Crippen LogP contribution in [0.25, 0.3) is 22.3 Å². The first kappa shape index (κ1) is 33.2. The fourth-order valence-electron chi connectivity index (χ4n) is 5.95. The topological polar surface area (TPSA) is 175 Å². The zero-order valence-electron chi connectivity index (χ0n) is 26.7. The van der Waals surface area contributed by atoms with E-state index in [4.69, 9.17) is 20.2 Å². The SMILES string of the molecule is CC[C@@]1(O)C(=O)OCc2c1cc1n(c2=O)Cc2c-1nc1cc(F)c(C)cc1c2CCCOCNC(=O)[C@H](C)NC(=O)[C@@H](N)C(C)C. The normalized spacial score (nSPS) is 18.1. The number of rotatable bonds is 11. The average Bonchev–Trinajstić information content (AvgIpc) is 3.39. The molecule has 0 spiro atoms. The van der Waals surface area contributed by atoms with E-state index in [1.807, 2.05) is 13.8 Å². The van der Waals surface area contributed by atoms with Crippen LogP contribution in [-0.2, 0) is 49.0 Å². The quantitative estimate of drug-likeness (QED) is 0.109. The van der Waals surface area contributed by atoms with Gasteiger partial charge in [0.1, 0.15) is 25.2 Å². The second-order valence-electron chi connectivity index (χ2n) is 12.3. The number of ether oxygens (including phenoxy) is 2. The monoisotopic (exact) mass is 637 g/mol. The summed E-state index contributed by atoms with van der Waals surface area (Å²) in [6.45, 7) is 8.71. The molecule has 2 amide bonds. The van der Waals surface area contributed by atoms with Crippen molar-refractivity contribution in [3.05, 3.63) is 62.2 Å². The third-order valence-corrected chi connectivity index (χ3v) is 8.92. The maximum atomic E-state index is 14.7. The number of carbonyl (C=O) groups is 3. The maximum absolute atomic E-state index is 14.7. The van der Waals surface area contributed by atoms with E-state index < -0.39 is 41.3 Å². The Balaban J connectivity index is 1.34. The lowest BCUT2D eigenvalue weighted by Crippen LogP contribution is -2.51. The Labute approximate surface area is 265 Å². The number of aryl methyl sites for hydroxylation is 2. The molecule has 0 radical (unpaired) electrons. The van der Waals surface area contributed by atoms with Crippen LogP contribution in [-0.4, -0.2) is 57.9 Å². The second-order valence-corrected chi connectivity index (χ2v) is 12.3. The summed E-state index contributed by atoms with van der Waals surface area (Å²) in [5, 5.41) is 17.2. The highest BCUT2D eigenvalue weighted by molar-refractivity contribution is 5.90. The van der Waals surface area contributed by atoms with E-state index in [0.717, 1.165) is 16.5 Å². The van der Waals surface area contributed by atoms with Gasteiger partial charge in [-0.15, -0.1) is 0 Å². The van der Waals surface area contributed by atoms with Crippen molar-refractivity contribution in [3.63, 3.8) is 0 Å². The molecule has 0 unspecified atom stereocenters. The Hall–Kier alpha value is -4.20. The highest BCUT2D eigenvalue weighted by Crippen LogP contribution is 2.40. The van der Waals surface area contributed by atoms with Gasteiger partial charge in [-0.3, -0.25) is 14.4 Å². The van der Waals surface area contributed by atoms with Gasteiger partial charge in [0.25, 0.3) is 5.56 Å². The molecule has 246 valence electrons. The van der Waals surface area contributed by atoms with Gasteiger partial charge in [0.05, 0.1) is 35.1 Å². The molecule has 4 heterocycles. The highest BCUT2D eigenvalue weighted by Gasteiger charge is 2.45. The number of carbonyl (C=O) groups excluding carboxylic acids is 3. The molecule has 3 aromatic rings. The molecular weight excluding hydrogens is 597 g/mol. The first-order valence-corrected chi connectivity index (χ1v) is 15.5. The van der Waals surface area contributed by atoms with E-state index >= 15 is 0 Å². The van der Waals surface area contributed by atoms with Crippen molar-refractivity contribution in [1.29, 1.82) is 0 Å². The summed E-state index contributed by atoms with van der Waals surface area (Å²) in [6.07, 6.45) is 1.06. The van der Waals surface area contributed by atoms with Crippen molar-refractivity contribution in [2.24, 2.45) is 11.7 Å². The number of aromatic nitrogens is 2. The summed E-state index contributed by atoms with van der Waals surface area (Å²) in [5.41, 5.74) is 7.43. The lowest BCUT2D eigenvalue weighted by atomic mass is 9.86. The average molecular weight is 638 g/mol. The summed E-state index contributed by atoms with van der Waals surface area (Å²) < 4.78 is 27.1. The minimum atomic E-state index is -1.95. The first-order valence-electron chi connectivity index (χ1n) is 15.5. The zero-order valence-corrected chi connectivity index (χ0v) is 26.7. The fraction of sp³-hybridized carbons (Fsp3) is 0.485. The molecule has 5 rings (SSSR count). The molecule has 5 N–H and O–H groups in total. The summed E-state index contributed by atoms with van der Waals surface area (Å²) >= 11 is 0. The van der Waals surface area contributed by atoms with Crippen molar-refractivity contribution in [2.75, 3.05) is 13.3 Å². The summed E-state index contributed by atoms with van der Waals surface area (Å²) in [6, 6.07) is 3.24. The standard InChI is InChI=1S/C33H40FN5O7/c1-6-33(44)23-11-26-28-21(13-39(26)31(42)22(23)14-46-32(33)43)19(20-10-17(4)24(34)12-25(20)38-28)8-7-9-45-15-36-29(40)18(5)37-30(41)27(35)16(2)3/h10-12,16,18,27,44H,6-9,13-15,35H2,1-5H3,(H,36,40)(H,37,41)/t18-,27-,33-/m0/s1. The number of benzene rings is 1. The van der Waals surface area contributed by atoms with Crippen LogP contribution in [0.4, 0.5) is 4.39 Å². The number of nitrogens with zero attached hydrogens (tertiary/aromatic N) is 2. The number of pyridine rings is 2. The number of halogens is 1.